The van der Waals surface area contributed by atoms with E-state index in [1.807, 2.05) is 12.1 Å². The van der Waals surface area contributed by atoms with E-state index in [-0.39, 0.29) is 5.92 Å². The summed E-state index contributed by atoms with van der Waals surface area (Å²) in [5.41, 5.74) is 8.01. The second-order valence-corrected chi connectivity index (χ2v) is 9.79. The van der Waals surface area contributed by atoms with Crippen molar-refractivity contribution in [1.82, 2.24) is 15.0 Å². The monoisotopic (exact) mass is 457 g/mol. The number of hydrogen-bond acceptors (Lipinski definition) is 6. The second-order valence-electron chi connectivity index (χ2n) is 9.01. The molecule has 1 aliphatic carbocycles. The minimum atomic E-state index is -0.672. The van der Waals surface area contributed by atoms with Crippen molar-refractivity contribution in [2.24, 2.45) is 5.92 Å². The lowest BCUT2D eigenvalue weighted by Crippen LogP contribution is -2.44. The average Bonchev–Trinajstić information content (AvgIpc) is 3.52. The van der Waals surface area contributed by atoms with Crippen LogP contribution in [0.3, 0.4) is 0 Å². The zero-order chi connectivity index (χ0) is 22.5. The smallest absolute Gasteiger partial charge is 0.306 e. The Hall–Kier alpha value is -3.29. The molecule has 3 heterocycles. The molecule has 4 aromatic rings. The van der Waals surface area contributed by atoms with Crippen molar-refractivity contribution in [3.8, 4) is 34.0 Å². The van der Waals surface area contributed by atoms with E-state index in [1.54, 1.807) is 11.3 Å². The van der Waals surface area contributed by atoms with Gasteiger partial charge in [-0.05, 0) is 82.6 Å². The Morgan fingerprint density at radius 1 is 1.06 bits per heavy atom. The minimum Gasteiger partial charge on any atom is -0.481 e. The molecule has 1 aliphatic heterocycles. The Balaban J connectivity index is 1.20. The third-order valence-corrected chi connectivity index (χ3v) is 7.60. The number of aromatic nitrogens is 2. The predicted molar refractivity (Wildman–Crippen MR) is 127 cm³/mol. The minimum absolute atomic E-state index is 0.185. The molecular formula is C26H23N3O3S. The SMILES string of the molecule is Cc1cc(-c2nc(-c3ccc4c(c3)CN([C@H]3C[C@@H](C(=O)O)C3)C4)no2)ccc1-c1ccsc1. The fraction of sp³-hybridized carbons (Fsp3) is 0.269. The molecular weight excluding hydrogens is 434 g/mol. The third kappa shape index (κ3) is 3.67. The number of hydrogen-bond donors (Lipinski definition) is 1. The first kappa shape index (κ1) is 20.3. The number of fused-ring (bicyclic) bond motifs is 1. The van der Waals surface area contributed by atoms with Crippen molar-refractivity contribution in [3.05, 3.63) is 69.9 Å². The van der Waals surface area contributed by atoms with Gasteiger partial charge in [0.25, 0.3) is 5.89 Å². The number of benzene rings is 2. The molecule has 0 amide bonds. The van der Waals surface area contributed by atoms with E-state index in [2.05, 4.69) is 63.1 Å². The highest BCUT2D eigenvalue weighted by molar-refractivity contribution is 7.08. The van der Waals surface area contributed by atoms with Gasteiger partial charge in [-0.2, -0.15) is 16.3 Å². The van der Waals surface area contributed by atoms with Crippen LogP contribution in [0.15, 0.2) is 57.7 Å². The summed E-state index contributed by atoms with van der Waals surface area (Å²) in [6.45, 7) is 3.81. The number of carbonyl (C=O) groups is 1. The Labute approximate surface area is 195 Å². The van der Waals surface area contributed by atoms with Crippen LogP contribution in [0, 0.1) is 12.8 Å². The molecule has 2 aliphatic rings. The summed E-state index contributed by atoms with van der Waals surface area (Å²) < 4.78 is 5.61. The molecule has 0 bridgehead atoms. The summed E-state index contributed by atoms with van der Waals surface area (Å²) in [6.07, 6.45) is 1.49. The van der Waals surface area contributed by atoms with Crippen LogP contribution in [-0.4, -0.2) is 32.2 Å². The Bertz CT molecular complexity index is 1340. The van der Waals surface area contributed by atoms with Crippen molar-refractivity contribution >= 4 is 17.3 Å². The van der Waals surface area contributed by atoms with E-state index in [9.17, 15) is 4.79 Å². The van der Waals surface area contributed by atoms with Crippen LogP contribution in [0.4, 0.5) is 0 Å². The fourth-order valence-electron chi connectivity index (χ4n) is 4.90. The van der Waals surface area contributed by atoms with Crippen molar-refractivity contribution < 1.29 is 14.4 Å². The quantitative estimate of drug-likeness (QED) is 0.419. The molecule has 6 nitrogen and oxygen atoms in total. The van der Waals surface area contributed by atoms with Gasteiger partial charge in [0.1, 0.15) is 0 Å². The molecule has 2 aromatic heterocycles. The number of carboxylic acid groups (broad SMARTS) is 1. The van der Waals surface area contributed by atoms with Crippen LogP contribution in [0.25, 0.3) is 34.0 Å². The largest absolute Gasteiger partial charge is 0.481 e. The second kappa shape index (κ2) is 7.93. The zero-order valence-electron chi connectivity index (χ0n) is 18.2. The van der Waals surface area contributed by atoms with Gasteiger partial charge in [-0.1, -0.05) is 23.4 Å². The molecule has 0 atom stereocenters. The van der Waals surface area contributed by atoms with Crippen molar-refractivity contribution in [2.75, 3.05) is 0 Å². The van der Waals surface area contributed by atoms with Gasteiger partial charge in [0, 0.05) is 30.3 Å². The fourth-order valence-corrected chi connectivity index (χ4v) is 5.56. The Morgan fingerprint density at radius 3 is 2.64 bits per heavy atom. The maximum atomic E-state index is 11.1. The Kier molecular flexibility index (Phi) is 4.89. The van der Waals surface area contributed by atoms with Gasteiger partial charge < -0.3 is 9.63 Å². The first-order valence-electron chi connectivity index (χ1n) is 11.1. The number of nitrogens with zero attached hydrogens (tertiary/aromatic N) is 3. The molecule has 0 unspecified atom stereocenters. The molecule has 166 valence electrons. The third-order valence-electron chi connectivity index (χ3n) is 6.92. The van der Waals surface area contributed by atoms with Crippen molar-refractivity contribution in [3.63, 3.8) is 0 Å². The normalized spacial score (nSPS) is 19.9. The highest BCUT2D eigenvalue weighted by Crippen LogP contribution is 2.38. The van der Waals surface area contributed by atoms with E-state index >= 15 is 0 Å². The predicted octanol–water partition coefficient (Wildman–Crippen LogP) is 5.62. The van der Waals surface area contributed by atoms with Crippen molar-refractivity contribution in [2.45, 2.75) is 38.9 Å². The summed E-state index contributed by atoms with van der Waals surface area (Å²) in [7, 11) is 0. The number of thiophene rings is 1. The highest BCUT2D eigenvalue weighted by Gasteiger charge is 2.39. The van der Waals surface area contributed by atoms with Gasteiger partial charge in [-0.25, -0.2) is 0 Å². The molecule has 0 spiro atoms. The number of rotatable bonds is 5. The first-order valence-corrected chi connectivity index (χ1v) is 12.1. The Morgan fingerprint density at radius 2 is 1.88 bits per heavy atom. The summed E-state index contributed by atoms with van der Waals surface area (Å²) >= 11 is 1.69. The van der Waals surface area contributed by atoms with Gasteiger partial charge in [0.15, 0.2) is 0 Å². The number of aryl methyl sites for hydroxylation is 1. The molecule has 1 N–H and O–H groups in total. The lowest BCUT2D eigenvalue weighted by Gasteiger charge is -2.39. The van der Waals surface area contributed by atoms with E-state index in [4.69, 9.17) is 9.63 Å². The highest BCUT2D eigenvalue weighted by atomic mass is 32.1. The van der Waals surface area contributed by atoms with Crippen LogP contribution in [0.2, 0.25) is 0 Å². The van der Waals surface area contributed by atoms with Crippen LogP contribution in [0.5, 0.6) is 0 Å². The van der Waals surface area contributed by atoms with Crippen LogP contribution >= 0.6 is 11.3 Å². The molecule has 7 heteroatoms. The summed E-state index contributed by atoms with van der Waals surface area (Å²) in [4.78, 5) is 18.2. The van der Waals surface area contributed by atoms with Gasteiger partial charge in [-0.15, -0.1) is 0 Å². The van der Waals surface area contributed by atoms with Gasteiger partial charge in [0.2, 0.25) is 5.82 Å². The van der Waals surface area contributed by atoms with Crippen LogP contribution < -0.4 is 0 Å². The standard InChI is InChI=1S/C26H23N3O3S/c1-15-8-17(4-5-23(15)19-6-7-33-14-19)25-27-24(28-32-25)16-2-3-18-12-29(13-21(18)9-16)22-10-20(11-22)26(30)31/h2-9,14,20,22H,10-13H2,1H3,(H,30,31)/t20-,22+. The lowest BCUT2D eigenvalue weighted by atomic mass is 9.79. The van der Waals surface area contributed by atoms with Crippen LogP contribution in [-0.2, 0) is 17.9 Å². The van der Waals surface area contributed by atoms with Gasteiger partial charge >= 0.3 is 5.97 Å². The molecule has 6 rings (SSSR count). The van der Waals surface area contributed by atoms with Gasteiger partial charge in [-0.3, -0.25) is 9.69 Å². The van der Waals surface area contributed by atoms with E-state index < -0.39 is 5.97 Å². The summed E-state index contributed by atoms with van der Waals surface area (Å²) in [5.74, 6) is 0.242. The molecule has 1 fully saturated rings. The van der Waals surface area contributed by atoms with E-state index in [0.717, 1.165) is 37.1 Å². The number of carboxylic acids is 1. The topological polar surface area (TPSA) is 79.5 Å². The maximum Gasteiger partial charge on any atom is 0.306 e. The molecule has 0 radical (unpaired) electrons. The van der Waals surface area contributed by atoms with Crippen LogP contribution in [0.1, 0.15) is 29.5 Å². The summed E-state index contributed by atoms with van der Waals surface area (Å²) in [6, 6.07) is 15.0. The molecule has 0 saturated heterocycles. The van der Waals surface area contributed by atoms with Crippen molar-refractivity contribution in [1.29, 1.82) is 0 Å². The van der Waals surface area contributed by atoms with E-state index in [0.29, 0.717) is 17.8 Å². The molecule has 1 saturated carbocycles. The first-order chi connectivity index (χ1) is 16.0. The van der Waals surface area contributed by atoms with Gasteiger partial charge in [0.05, 0.1) is 5.92 Å². The molecule has 33 heavy (non-hydrogen) atoms. The molecule has 2 aromatic carbocycles. The summed E-state index contributed by atoms with van der Waals surface area (Å²) in [5, 5.41) is 17.6. The maximum absolute atomic E-state index is 11.1. The van der Waals surface area contributed by atoms with E-state index in [1.165, 1.54) is 27.8 Å². The lowest BCUT2D eigenvalue weighted by molar-refractivity contribution is -0.147. The average molecular weight is 458 g/mol. The number of aliphatic carboxylic acids is 1. The zero-order valence-corrected chi connectivity index (χ0v) is 19.0.